The molecule has 1 saturated heterocycles. The van der Waals surface area contributed by atoms with Crippen LogP contribution in [0.25, 0.3) is 0 Å². The Labute approximate surface area is 121 Å². The highest BCUT2D eigenvalue weighted by Gasteiger charge is 2.46. The lowest BCUT2D eigenvalue weighted by Gasteiger charge is -2.30. The summed E-state index contributed by atoms with van der Waals surface area (Å²) in [5.41, 5.74) is 0.244. The summed E-state index contributed by atoms with van der Waals surface area (Å²) in [7, 11) is 1.42. The van der Waals surface area contributed by atoms with Crippen molar-refractivity contribution in [2.24, 2.45) is 11.8 Å². The van der Waals surface area contributed by atoms with Crippen molar-refractivity contribution in [1.82, 2.24) is 0 Å². The molecule has 1 saturated carbocycles. The van der Waals surface area contributed by atoms with Crippen molar-refractivity contribution >= 4 is 23.5 Å². The average molecular weight is 289 g/mol. The molecule has 0 spiro atoms. The summed E-state index contributed by atoms with van der Waals surface area (Å²) in [5.74, 6) is -1.59. The molecule has 1 aromatic rings. The van der Waals surface area contributed by atoms with E-state index < -0.39 is 5.97 Å². The summed E-state index contributed by atoms with van der Waals surface area (Å²) in [5, 5.41) is 9.09. The maximum Gasteiger partial charge on any atom is 0.335 e. The number of carboxylic acids is 1. The van der Waals surface area contributed by atoms with Crippen molar-refractivity contribution in [1.29, 1.82) is 0 Å². The first-order valence-corrected chi connectivity index (χ1v) is 6.82. The van der Waals surface area contributed by atoms with Crippen molar-refractivity contribution in [2.75, 3.05) is 12.0 Å². The number of hydrogen-bond acceptors (Lipinski definition) is 4. The molecule has 6 nitrogen and oxygen atoms in total. The number of carbonyl (C=O) groups excluding carboxylic acids is 2. The van der Waals surface area contributed by atoms with E-state index in [9.17, 15) is 14.4 Å². The number of ether oxygens (including phenoxy) is 1. The van der Waals surface area contributed by atoms with Gasteiger partial charge in [-0.1, -0.05) is 0 Å². The zero-order valence-electron chi connectivity index (χ0n) is 11.5. The summed E-state index contributed by atoms with van der Waals surface area (Å²) in [6.45, 7) is 0. The van der Waals surface area contributed by atoms with Gasteiger partial charge in [-0.05, 0) is 37.5 Å². The second kappa shape index (κ2) is 4.87. The molecule has 1 aliphatic heterocycles. The second-order valence-corrected chi connectivity index (χ2v) is 5.41. The maximum absolute atomic E-state index is 12.4. The third-order valence-corrected chi connectivity index (χ3v) is 4.24. The van der Waals surface area contributed by atoms with E-state index in [2.05, 4.69) is 0 Å². The van der Waals surface area contributed by atoms with Crippen LogP contribution in [0.15, 0.2) is 18.2 Å². The van der Waals surface area contributed by atoms with Crippen LogP contribution in [0.2, 0.25) is 0 Å². The first kappa shape index (κ1) is 13.6. The largest absolute Gasteiger partial charge is 0.495 e. The summed E-state index contributed by atoms with van der Waals surface area (Å²) in [6, 6.07) is 4.18. The lowest BCUT2D eigenvalue weighted by molar-refractivity contribution is -0.133. The van der Waals surface area contributed by atoms with Crippen LogP contribution < -0.4 is 9.64 Å². The van der Waals surface area contributed by atoms with Gasteiger partial charge in [0.15, 0.2) is 0 Å². The normalized spacial score (nSPS) is 24.3. The van der Waals surface area contributed by atoms with Gasteiger partial charge in [0, 0.05) is 11.8 Å². The van der Waals surface area contributed by atoms with Gasteiger partial charge in [0.2, 0.25) is 11.8 Å². The lowest BCUT2D eigenvalue weighted by atomic mass is 9.96. The SMILES string of the molecule is COc1ccc(C(=O)O)cc1N1C(=O)C2CCC(C2)C1=O. The number of benzene rings is 1. The Morgan fingerprint density at radius 1 is 1.24 bits per heavy atom. The minimum Gasteiger partial charge on any atom is -0.495 e. The molecule has 21 heavy (non-hydrogen) atoms. The number of anilines is 1. The standard InChI is InChI=1S/C15H15NO5/c1-21-12-5-4-10(15(19)20)7-11(12)16-13(17)8-2-3-9(6-8)14(16)18/h4-5,7-9H,2-3,6H2,1H3,(H,19,20). The Hall–Kier alpha value is -2.37. The fourth-order valence-corrected chi connectivity index (χ4v) is 3.14. The quantitative estimate of drug-likeness (QED) is 0.856. The van der Waals surface area contributed by atoms with E-state index in [4.69, 9.17) is 9.84 Å². The topological polar surface area (TPSA) is 83.9 Å². The number of imide groups is 1. The number of fused-ring (bicyclic) bond motifs is 2. The van der Waals surface area contributed by atoms with Crippen molar-refractivity contribution in [3.8, 4) is 5.75 Å². The highest BCUT2D eigenvalue weighted by atomic mass is 16.5. The Morgan fingerprint density at radius 2 is 1.86 bits per heavy atom. The summed E-state index contributed by atoms with van der Waals surface area (Å²) >= 11 is 0. The molecular weight excluding hydrogens is 274 g/mol. The molecular formula is C15H15NO5. The maximum atomic E-state index is 12.4. The molecule has 2 bridgehead atoms. The number of carboxylic acid groups (broad SMARTS) is 1. The van der Waals surface area contributed by atoms with E-state index in [0.29, 0.717) is 25.0 Å². The van der Waals surface area contributed by atoms with Gasteiger partial charge in [0.05, 0.1) is 18.4 Å². The molecule has 2 amide bonds. The predicted octanol–water partition coefficient (Wildman–Crippen LogP) is 1.68. The van der Waals surface area contributed by atoms with Crippen LogP contribution in [0.5, 0.6) is 5.75 Å². The highest BCUT2D eigenvalue weighted by Crippen LogP contribution is 2.42. The number of amides is 2. The molecule has 6 heteroatoms. The molecule has 1 aliphatic carbocycles. The van der Waals surface area contributed by atoms with Gasteiger partial charge in [-0.25, -0.2) is 9.69 Å². The van der Waals surface area contributed by atoms with E-state index in [1.807, 2.05) is 0 Å². The summed E-state index contributed by atoms with van der Waals surface area (Å²) < 4.78 is 5.18. The van der Waals surface area contributed by atoms with Crippen LogP contribution in [0.1, 0.15) is 29.6 Å². The number of nitrogens with zero attached hydrogens (tertiary/aromatic N) is 1. The number of carbonyl (C=O) groups is 3. The minimum atomic E-state index is -1.11. The van der Waals surface area contributed by atoms with Gasteiger partial charge in [-0.2, -0.15) is 0 Å². The number of aromatic carboxylic acids is 1. The average Bonchev–Trinajstić information content (AvgIpc) is 2.92. The first-order valence-electron chi connectivity index (χ1n) is 6.82. The molecule has 1 N–H and O–H groups in total. The Bertz CT molecular complexity index is 617. The van der Waals surface area contributed by atoms with Crippen LogP contribution in [0.3, 0.4) is 0 Å². The third-order valence-electron chi connectivity index (χ3n) is 4.24. The number of hydrogen-bond donors (Lipinski definition) is 1. The van der Waals surface area contributed by atoms with Crippen molar-refractivity contribution in [2.45, 2.75) is 19.3 Å². The van der Waals surface area contributed by atoms with Crippen molar-refractivity contribution in [3.63, 3.8) is 0 Å². The molecule has 1 aromatic carbocycles. The Balaban J connectivity index is 2.09. The molecule has 2 aliphatic rings. The van der Waals surface area contributed by atoms with Gasteiger partial charge < -0.3 is 9.84 Å². The second-order valence-electron chi connectivity index (χ2n) is 5.41. The van der Waals surface area contributed by atoms with Crippen LogP contribution in [0, 0.1) is 11.8 Å². The van der Waals surface area contributed by atoms with E-state index >= 15 is 0 Å². The van der Waals surface area contributed by atoms with Crippen LogP contribution >= 0.6 is 0 Å². The van der Waals surface area contributed by atoms with Crippen LogP contribution in [-0.4, -0.2) is 30.0 Å². The number of piperidine rings is 1. The Morgan fingerprint density at radius 3 is 2.38 bits per heavy atom. The molecule has 110 valence electrons. The van der Waals surface area contributed by atoms with E-state index in [1.165, 1.54) is 25.3 Å². The molecule has 3 rings (SSSR count). The first-order chi connectivity index (χ1) is 10.0. The van der Waals surface area contributed by atoms with Crippen molar-refractivity contribution in [3.05, 3.63) is 23.8 Å². The zero-order valence-corrected chi connectivity index (χ0v) is 11.5. The Kier molecular flexibility index (Phi) is 3.16. The van der Waals surface area contributed by atoms with Gasteiger partial charge >= 0.3 is 5.97 Å². The van der Waals surface area contributed by atoms with Crippen LogP contribution in [-0.2, 0) is 9.59 Å². The van der Waals surface area contributed by atoms with Gasteiger partial charge in [0.1, 0.15) is 5.75 Å². The predicted molar refractivity (Wildman–Crippen MR) is 73.3 cm³/mol. The van der Waals surface area contributed by atoms with E-state index in [1.54, 1.807) is 0 Å². The molecule has 2 unspecified atom stereocenters. The third kappa shape index (κ3) is 2.07. The van der Waals surface area contributed by atoms with Gasteiger partial charge in [0.25, 0.3) is 0 Å². The fourth-order valence-electron chi connectivity index (χ4n) is 3.14. The smallest absolute Gasteiger partial charge is 0.335 e. The van der Waals surface area contributed by atoms with E-state index in [0.717, 1.165) is 4.90 Å². The zero-order chi connectivity index (χ0) is 15.1. The van der Waals surface area contributed by atoms with Crippen LogP contribution in [0.4, 0.5) is 5.69 Å². The molecule has 1 heterocycles. The van der Waals surface area contributed by atoms with Gasteiger partial charge in [-0.15, -0.1) is 0 Å². The number of methoxy groups -OCH3 is 1. The molecule has 0 radical (unpaired) electrons. The van der Waals surface area contributed by atoms with E-state index in [-0.39, 0.29) is 34.9 Å². The fraction of sp³-hybridized carbons (Fsp3) is 0.400. The lowest BCUT2D eigenvalue weighted by Crippen LogP contribution is -2.46. The number of rotatable bonds is 3. The van der Waals surface area contributed by atoms with Crippen molar-refractivity contribution < 1.29 is 24.2 Å². The molecule has 0 aromatic heterocycles. The van der Waals surface area contributed by atoms with Gasteiger partial charge in [-0.3, -0.25) is 9.59 Å². The molecule has 2 fully saturated rings. The monoisotopic (exact) mass is 289 g/mol. The highest BCUT2D eigenvalue weighted by molar-refractivity contribution is 6.19. The minimum absolute atomic E-state index is 0.0179. The summed E-state index contributed by atoms with van der Waals surface area (Å²) in [6.07, 6.45) is 2.04. The molecule has 2 atom stereocenters. The summed E-state index contributed by atoms with van der Waals surface area (Å²) in [4.78, 5) is 37.1.